The lowest BCUT2D eigenvalue weighted by atomic mass is 10.1. The highest BCUT2D eigenvalue weighted by Crippen LogP contribution is 2.42. The molecule has 0 radical (unpaired) electrons. The summed E-state index contributed by atoms with van der Waals surface area (Å²) in [5.74, 6) is 0.0649. The average molecular weight is 567 g/mol. The van der Waals surface area contributed by atoms with E-state index in [1.165, 1.54) is 16.7 Å². The van der Waals surface area contributed by atoms with Crippen molar-refractivity contribution in [3.05, 3.63) is 132 Å². The van der Waals surface area contributed by atoms with Gasteiger partial charge in [0.15, 0.2) is 0 Å². The smallest absolute Gasteiger partial charge is 0.412 e. The fraction of sp³-hybridized carbons (Fsp3) is 0.188. The van der Waals surface area contributed by atoms with Crippen molar-refractivity contribution >= 4 is 35.4 Å². The fourth-order valence-electron chi connectivity index (χ4n) is 4.49. The van der Waals surface area contributed by atoms with Crippen LogP contribution in [-0.4, -0.2) is 39.6 Å². The zero-order chi connectivity index (χ0) is 28.4. The van der Waals surface area contributed by atoms with Gasteiger partial charge in [-0.1, -0.05) is 72.8 Å². The van der Waals surface area contributed by atoms with Crippen LogP contribution in [0.5, 0.6) is 0 Å². The van der Waals surface area contributed by atoms with Gasteiger partial charge in [0.1, 0.15) is 18.0 Å². The molecule has 1 aliphatic rings. The Kier molecular flexibility index (Phi) is 9.28. The predicted molar refractivity (Wildman–Crippen MR) is 159 cm³/mol. The van der Waals surface area contributed by atoms with Crippen LogP contribution in [0.25, 0.3) is 0 Å². The molecule has 2 atom stereocenters. The zero-order valence-corrected chi connectivity index (χ0v) is 23.1. The van der Waals surface area contributed by atoms with Gasteiger partial charge in [-0.3, -0.25) is 19.5 Å². The van der Waals surface area contributed by atoms with E-state index in [4.69, 9.17) is 4.74 Å². The number of nitrogens with zero attached hydrogens (tertiary/aromatic N) is 2. The van der Waals surface area contributed by atoms with Gasteiger partial charge >= 0.3 is 6.09 Å². The highest BCUT2D eigenvalue weighted by molar-refractivity contribution is 7.99. The maximum atomic E-state index is 13.4. The van der Waals surface area contributed by atoms with Crippen LogP contribution in [0.15, 0.2) is 109 Å². The predicted octanol–water partition coefficient (Wildman–Crippen LogP) is 5.33. The van der Waals surface area contributed by atoms with Gasteiger partial charge in [0.25, 0.3) is 0 Å². The molecule has 1 aliphatic heterocycles. The van der Waals surface area contributed by atoms with E-state index in [2.05, 4.69) is 15.6 Å². The van der Waals surface area contributed by atoms with Crippen molar-refractivity contribution in [1.29, 1.82) is 0 Å². The number of pyridine rings is 1. The van der Waals surface area contributed by atoms with E-state index < -0.39 is 12.1 Å². The summed E-state index contributed by atoms with van der Waals surface area (Å²) in [6, 6.07) is 29.3. The molecular formula is C32H30N4O4S. The van der Waals surface area contributed by atoms with E-state index in [1.54, 1.807) is 24.5 Å². The molecule has 2 heterocycles. The summed E-state index contributed by atoms with van der Waals surface area (Å²) >= 11 is 1.51. The number of hydrogen-bond donors (Lipinski definition) is 2. The Morgan fingerprint density at radius 3 is 2.17 bits per heavy atom. The van der Waals surface area contributed by atoms with Crippen LogP contribution in [0.2, 0.25) is 0 Å². The number of carbonyl (C=O) groups is 3. The van der Waals surface area contributed by atoms with E-state index in [9.17, 15) is 14.4 Å². The molecule has 0 spiro atoms. The third-order valence-corrected chi connectivity index (χ3v) is 7.95. The van der Waals surface area contributed by atoms with E-state index >= 15 is 0 Å². The first kappa shape index (κ1) is 27.9. The second kappa shape index (κ2) is 13.6. The van der Waals surface area contributed by atoms with Crippen LogP contribution < -0.4 is 10.6 Å². The van der Waals surface area contributed by atoms with Gasteiger partial charge in [-0.25, -0.2) is 4.79 Å². The minimum absolute atomic E-state index is 0.0599. The van der Waals surface area contributed by atoms with Gasteiger partial charge in [-0.2, -0.15) is 0 Å². The first-order valence-corrected chi connectivity index (χ1v) is 14.3. The second-order valence-electron chi connectivity index (χ2n) is 9.55. The van der Waals surface area contributed by atoms with Crippen molar-refractivity contribution in [2.75, 3.05) is 11.1 Å². The number of amides is 3. The maximum Gasteiger partial charge on any atom is 0.412 e. The summed E-state index contributed by atoms with van der Waals surface area (Å²) < 4.78 is 5.64. The summed E-state index contributed by atoms with van der Waals surface area (Å²) in [6.07, 6.45) is 3.10. The number of benzene rings is 3. The van der Waals surface area contributed by atoms with Gasteiger partial charge in [0, 0.05) is 30.4 Å². The fourth-order valence-corrected chi connectivity index (χ4v) is 5.91. The van der Waals surface area contributed by atoms with Crippen LogP contribution >= 0.6 is 11.8 Å². The lowest BCUT2D eigenvalue weighted by Crippen LogP contribution is -2.45. The first-order chi connectivity index (χ1) is 20.1. The Bertz CT molecular complexity index is 1450. The normalized spacial score (nSPS) is 16.1. The molecule has 5 rings (SSSR count). The number of rotatable bonds is 9. The Morgan fingerprint density at radius 2 is 1.49 bits per heavy atom. The van der Waals surface area contributed by atoms with Gasteiger partial charge in [-0.05, 0) is 46.5 Å². The number of carbonyl (C=O) groups excluding carboxylic acids is 3. The minimum atomic E-state index is -0.724. The SMILES string of the molecule is O=C(Cc1ccccc1)NCc1ccc(NC(=O)C2CSC(c3ccncc3)N2C(=O)OCc2ccccc2)cc1. The van der Waals surface area contributed by atoms with Crippen LogP contribution in [0.3, 0.4) is 0 Å². The van der Waals surface area contributed by atoms with E-state index in [0.717, 1.165) is 22.3 Å². The molecule has 2 N–H and O–H groups in total. The lowest BCUT2D eigenvalue weighted by molar-refractivity contribution is -0.121. The molecule has 1 aromatic heterocycles. The van der Waals surface area contributed by atoms with Crippen molar-refractivity contribution < 1.29 is 19.1 Å². The molecular weight excluding hydrogens is 536 g/mol. The molecule has 9 heteroatoms. The molecule has 0 saturated carbocycles. The highest BCUT2D eigenvalue weighted by atomic mass is 32.2. The molecule has 1 fully saturated rings. The Balaban J connectivity index is 1.21. The monoisotopic (exact) mass is 566 g/mol. The Labute approximate surface area is 243 Å². The number of anilines is 1. The Hall–Kier alpha value is -4.63. The highest BCUT2D eigenvalue weighted by Gasteiger charge is 2.43. The quantitative estimate of drug-likeness (QED) is 0.284. The summed E-state index contributed by atoms with van der Waals surface area (Å²) in [7, 11) is 0. The van der Waals surface area contributed by atoms with Crippen LogP contribution in [-0.2, 0) is 33.9 Å². The molecule has 8 nitrogen and oxygen atoms in total. The summed E-state index contributed by atoms with van der Waals surface area (Å²) in [6.45, 7) is 0.495. The van der Waals surface area contributed by atoms with Crippen LogP contribution in [0, 0.1) is 0 Å². The maximum absolute atomic E-state index is 13.4. The Morgan fingerprint density at radius 1 is 0.829 bits per heavy atom. The molecule has 0 aliphatic carbocycles. The molecule has 4 aromatic rings. The molecule has 3 amide bonds. The molecule has 41 heavy (non-hydrogen) atoms. The van der Waals surface area contributed by atoms with E-state index in [0.29, 0.717) is 24.4 Å². The third-order valence-electron chi connectivity index (χ3n) is 6.63. The molecule has 0 bridgehead atoms. The van der Waals surface area contributed by atoms with Gasteiger partial charge in [0.05, 0.1) is 6.42 Å². The van der Waals surface area contributed by atoms with Crippen molar-refractivity contribution in [3.63, 3.8) is 0 Å². The topological polar surface area (TPSA) is 101 Å². The standard InChI is InChI=1S/C32H30N4O4S/c37-29(19-23-7-3-1-4-8-23)34-20-24-11-13-27(14-12-24)35-30(38)28-22-41-31(26-15-17-33-18-16-26)36(28)32(39)40-21-25-9-5-2-6-10-25/h1-18,28,31H,19-22H2,(H,34,37)(H,35,38). The second-order valence-corrected chi connectivity index (χ2v) is 10.7. The van der Waals surface area contributed by atoms with Crippen molar-refractivity contribution in [2.24, 2.45) is 0 Å². The number of thioether (sulfide) groups is 1. The number of hydrogen-bond acceptors (Lipinski definition) is 6. The largest absolute Gasteiger partial charge is 0.444 e. The van der Waals surface area contributed by atoms with Crippen LogP contribution in [0.1, 0.15) is 27.6 Å². The summed E-state index contributed by atoms with van der Waals surface area (Å²) in [5, 5.41) is 5.49. The molecule has 208 valence electrons. The minimum Gasteiger partial charge on any atom is -0.444 e. The molecule has 2 unspecified atom stereocenters. The van der Waals surface area contributed by atoms with Crippen LogP contribution in [0.4, 0.5) is 10.5 Å². The van der Waals surface area contributed by atoms with E-state index in [1.807, 2.05) is 84.9 Å². The van der Waals surface area contributed by atoms with Crippen molar-refractivity contribution in [2.45, 2.75) is 31.0 Å². The first-order valence-electron chi connectivity index (χ1n) is 13.3. The van der Waals surface area contributed by atoms with Crippen molar-refractivity contribution in [3.8, 4) is 0 Å². The number of ether oxygens (including phenoxy) is 1. The van der Waals surface area contributed by atoms with Gasteiger partial charge < -0.3 is 15.4 Å². The zero-order valence-electron chi connectivity index (χ0n) is 22.3. The summed E-state index contributed by atoms with van der Waals surface area (Å²) in [4.78, 5) is 44.6. The van der Waals surface area contributed by atoms with Crippen molar-refractivity contribution in [1.82, 2.24) is 15.2 Å². The molecule has 3 aromatic carbocycles. The number of nitrogens with one attached hydrogen (secondary N) is 2. The lowest BCUT2D eigenvalue weighted by Gasteiger charge is -2.28. The van der Waals surface area contributed by atoms with E-state index in [-0.39, 0.29) is 23.8 Å². The average Bonchev–Trinajstić information content (AvgIpc) is 3.47. The molecule has 1 saturated heterocycles. The van der Waals surface area contributed by atoms with Gasteiger partial charge in [-0.15, -0.1) is 11.8 Å². The third kappa shape index (κ3) is 7.52. The van der Waals surface area contributed by atoms with Gasteiger partial charge in [0.2, 0.25) is 11.8 Å². The number of aromatic nitrogens is 1. The summed E-state index contributed by atoms with van der Waals surface area (Å²) in [5.41, 5.74) is 4.20.